The number of fused-ring (bicyclic) bond motifs is 3. The minimum Gasteiger partial charge on any atom is -0.711 e. The van der Waals surface area contributed by atoms with Crippen molar-refractivity contribution in [1.82, 2.24) is 9.97 Å². The number of pyridine rings is 4. The van der Waals surface area contributed by atoms with Crippen LogP contribution in [0.5, 0.6) is 17.2 Å². The van der Waals surface area contributed by atoms with Gasteiger partial charge in [0.2, 0.25) is 0 Å². The quantitative estimate of drug-likeness (QED) is 0.0202. The SMILES string of the molecule is CCC(Cc1ccc2c(c1)OCC(=O)N2CCCN(C)c1cccc[n+]1[O-])c1ccccc1.CCC(Cc1ccc2c(c1)OCC(=O)N2CCCNc1ccccn1)c1ccccc1.CCCCN(C)c1cccc[n+]1[O-].O=C(O)CC(Cc1ccc2c(c1)OCC(=O)N2CCCNc1ccccn1)c1ccccc1. The van der Waals surface area contributed by atoms with Crippen LogP contribution < -0.4 is 58.8 Å². The van der Waals surface area contributed by atoms with Gasteiger partial charge >= 0.3 is 5.97 Å². The molecular weight excluding hydrogens is 1380 g/mol. The number of ether oxygens (including phenoxy) is 3. The smallest absolute Gasteiger partial charge is 0.303 e. The van der Waals surface area contributed by atoms with E-state index in [1.165, 1.54) is 34.6 Å². The van der Waals surface area contributed by atoms with Crippen molar-refractivity contribution < 1.29 is 48.0 Å². The fraction of sp³-hybridized carbons (Fsp3) is 0.326. The molecule has 21 heteroatoms. The molecule has 13 rings (SSSR count). The number of aliphatic carboxylic acids is 1. The molecule has 0 saturated heterocycles. The molecule has 10 aromatic rings. The van der Waals surface area contributed by atoms with Crippen LogP contribution in [0.3, 0.4) is 0 Å². The molecule has 6 aromatic carbocycles. The molecule has 3 unspecified atom stereocenters. The number of carbonyl (C=O) groups is 4. The van der Waals surface area contributed by atoms with Gasteiger partial charge in [-0.05, 0) is 175 Å². The van der Waals surface area contributed by atoms with Crippen LogP contribution >= 0.6 is 0 Å². The van der Waals surface area contributed by atoms with Gasteiger partial charge in [-0.25, -0.2) is 19.4 Å². The van der Waals surface area contributed by atoms with Crippen LogP contribution in [0.15, 0.2) is 243 Å². The van der Waals surface area contributed by atoms with Gasteiger partial charge in [0, 0.05) is 63.7 Å². The van der Waals surface area contributed by atoms with Gasteiger partial charge in [-0.15, -0.1) is 0 Å². The Morgan fingerprint density at radius 3 is 1.17 bits per heavy atom. The van der Waals surface area contributed by atoms with Gasteiger partial charge < -0.3 is 55.1 Å². The third-order valence-corrected chi connectivity index (χ3v) is 19.7. The van der Waals surface area contributed by atoms with Crippen LogP contribution in [0.4, 0.5) is 40.3 Å². The Labute approximate surface area is 646 Å². The largest absolute Gasteiger partial charge is 0.711 e. The molecule has 21 nitrogen and oxygen atoms in total. The molecule has 3 atom stereocenters. The number of anilines is 7. The molecule has 3 N–H and O–H groups in total. The van der Waals surface area contributed by atoms with E-state index in [4.69, 9.17) is 14.2 Å². The highest BCUT2D eigenvalue weighted by Gasteiger charge is 2.30. The van der Waals surface area contributed by atoms with Crippen LogP contribution in [0, 0.1) is 10.4 Å². The number of benzene rings is 6. The van der Waals surface area contributed by atoms with E-state index in [0.29, 0.717) is 62.5 Å². The van der Waals surface area contributed by atoms with Crippen molar-refractivity contribution in [1.29, 1.82) is 0 Å². The zero-order valence-electron chi connectivity index (χ0n) is 63.8. The van der Waals surface area contributed by atoms with E-state index >= 15 is 0 Å². The fourth-order valence-corrected chi connectivity index (χ4v) is 13.8. The first kappa shape index (κ1) is 80.5. The van der Waals surface area contributed by atoms with Crippen LogP contribution in [-0.2, 0) is 38.4 Å². The van der Waals surface area contributed by atoms with Crippen molar-refractivity contribution in [3.63, 3.8) is 0 Å². The summed E-state index contributed by atoms with van der Waals surface area (Å²) in [6.45, 7) is 11.6. The van der Waals surface area contributed by atoms with Crippen molar-refractivity contribution in [2.75, 3.05) is 115 Å². The van der Waals surface area contributed by atoms with E-state index in [9.17, 15) is 34.7 Å². The lowest BCUT2D eigenvalue weighted by Gasteiger charge is -2.30. The number of carbonyl (C=O) groups excluding carboxylic acids is 3. The molecule has 0 radical (unpaired) electrons. The third-order valence-electron chi connectivity index (χ3n) is 19.7. The van der Waals surface area contributed by atoms with Gasteiger partial charge in [-0.2, -0.15) is 0 Å². The van der Waals surface area contributed by atoms with E-state index in [1.54, 1.807) is 40.4 Å². The highest BCUT2D eigenvalue weighted by atomic mass is 16.5. The van der Waals surface area contributed by atoms with Gasteiger partial charge in [0.25, 0.3) is 29.4 Å². The van der Waals surface area contributed by atoms with Gasteiger partial charge in [0.05, 0.1) is 63.1 Å². The number of carboxylic acids is 1. The molecule has 0 fully saturated rings. The lowest BCUT2D eigenvalue weighted by molar-refractivity contribution is -0.592. The Morgan fingerprint density at radius 1 is 0.464 bits per heavy atom. The molecule has 3 amide bonds. The average Bonchev–Trinajstić information content (AvgIpc) is 0.806. The molecule has 0 saturated carbocycles. The van der Waals surface area contributed by atoms with Crippen LogP contribution in [-0.4, -0.2) is 118 Å². The highest BCUT2D eigenvalue weighted by Crippen LogP contribution is 2.39. The molecule has 3 aliphatic rings. The van der Waals surface area contributed by atoms with Gasteiger partial charge in [0.1, 0.15) is 28.9 Å². The number of hydrogen-bond donors (Lipinski definition) is 3. The standard InChI is InChI=1S/C27H31N3O3.C26H27N3O4.C26H29N3O2.C10H16N2O/c1-3-22(23-10-5-4-6-11-23)18-21-13-14-24-25(19-21)33-20-27(31)29(24)16-9-15-28(2)26-12-7-8-17-30(26)32;30-25-18-33-23-16-19(15-21(17-26(31)32)20-7-2-1-3-8-20)10-11-22(23)29(25)14-6-13-28-24-9-4-5-12-27-24;1-2-21(22-9-4-3-5-10-22)17-20-12-13-23-24(18-20)31-19-26(30)29(23)16-8-15-28-25-11-6-7-14-27-25;1-3-4-8-11(2)10-7-5-6-9-12(10)13/h4-8,10-14,17,19,22H,3,9,15-16,18,20H2,1-2H3;1-5,7-12,16,21H,6,13-15,17-18H2,(H,27,28)(H,31,32);3-7,9-14,18,21H,2,8,15-17,19H2,1H3,(H,27,28);5-7,9H,3-4,8H2,1-2H3. The van der Waals surface area contributed by atoms with E-state index in [0.717, 1.165) is 137 Å². The molecule has 3 aliphatic heterocycles. The lowest BCUT2D eigenvalue weighted by atomic mass is 9.89. The summed E-state index contributed by atoms with van der Waals surface area (Å²) in [5.74, 6) is 5.07. The van der Waals surface area contributed by atoms with Crippen molar-refractivity contribution in [3.05, 3.63) is 287 Å². The van der Waals surface area contributed by atoms with Gasteiger partial charge in [-0.1, -0.05) is 161 Å². The summed E-state index contributed by atoms with van der Waals surface area (Å²) >= 11 is 0. The van der Waals surface area contributed by atoms with Gasteiger partial charge in [0.15, 0.2) is 19.8 Å². The summed E-state index contributed by atoms with van der Waals surface area (Å²) in [5.41, 5.74) is 9.57. The predicted molar refractivity (Wildman–Crippen MR) is 436 cm³/mol. The molecule has 574 valence electrons. The fourth-order valence-electron chi connectivity index (χ4n) is 13.8. The third kappa shape index (κ3) is 23.5. The molecule has 0 bridgehead atoms. The van der Waals surface area contributed by atoms with Crippen molar-refractivity contribution in [3.8, 4) is 17.2 Å². The highest BCUT2D eigenvalue weighted by molar-refractivity contribution is 5.99. The monoisotopic (exact) mass is 1490 g/mol. The number of nitrogens with one attached hydrogen (secondary N) is 2. The maximum atomic E-state index is 12.6. The van der Waals surface area contributed by atoms with E-state index in [-0.39, 0.29) is 49.9 Å². The van der Waals surface area contributed by atoms with Crippen molar-refractivity contribution in [2.45, 2.75) is 109 Å². The number of carboxylic acid groups (broad SMARTS) is 1. The van der Waals surface area contributed by atoms with Crippen molar-refractivity contribution >= 4 is 64.0 Å². The first-order valence-electron chi connectivity index (χ1n) is 38.3. The maximum Gasteiger partial charge on any atom is 0.303 e. The normalized spacial score (nSPS) is 13.4. The van der Waals surface area contributed by atoms with Gasteiger partial charge in [-0.3, -0.25) is 29.0 Å². The van der Waals surface area contributed by atoms with E-state index < -0.39 is 5.97 Å². The van der Waals surface area contributed by atoms with Crippen LogP contribution in [0.1, 0.15) is 123 Å². The topological polar surface area (TPSA) is 236 Å². The second-order valence-electron chi connectivity index (χ2n) is 27.6. The Kier molecular flexibility index (Phi) is 30.7. The Hall–Kier alpha value is -12.0. The van der Waals surface area contributed by atoms with E-state index in [1.807, 2.05) is 150 Å². The van der Waals surface area contributed by atoms with Crippen LogP contribution in [0.25, 0.3) is 0 Å². The number of unbranched alkanes of at least 4 members (excludes halogenated alkanes) is 1. The molecule has 4 aromatic heterocycles. The Morgan fingerprint density at radius 2 is 0.818 bits per heavy atom. The van der Waals surface area contributed by atoms with E-state index in [2.05, 4.69) is 120 Å². The lowest BCUT2D eigenvalue weighted by Crippen LogP contribution is -2.41. The first-order valence-corrected chi connectivity index (χ1v) is 38.3. The first-order chi connectivity index (χ1) is 53.7. The summed E-state index contributed by atoms with van der Waals surface area (Å²) in [5, 5.41) is 39.2. The molecular formula is C89H103N11O10. The Balaban J connectivity index is 0.000000162. The zero-order valence-corrected chi connectivity index (χ0v) is 63.8. The molecule has 0 spiro atoms. The second kappa shape index (κ2) is 41.9. The molecule has 7 heterocycles. The number of aromatic nitrogens is 4. The summed E-state index contributed by atoms with van der Waals surface area (Å²) in [4.78, 5) is 66.8. The predicted octanol–water partition coefficient (Wildman–Crippen LogP) is 15.0. The second-order valence-corrected chi connectivity index (χ2v) is 27.6. The number of nitrogens with zero attached hydrogens (tertiary/aromatic N) is 9. The number of amides is 3. The van der Waals surface area contributed by atoms with Crippen LogP contribution in [0.2, 0.25) is 0 Å². The summed E-state index contributed by atoms with van der Waals surface area (Å²) in [6, 6.07) is 71.5. The number of hydrogen-bond acceptors (Lipinski definition) is 15. The van der Waals surface area contributed by atoms with Crippen molar-refractivity contribution in [2.24, 2.45) is 0 Å². The zero-order chi connectivity index (χ0) is 77.4. The summed E-state index contributed by atoms with van der Waals surface area (Å²) < 4.78 is 19.1. The summed E-state index contributed by atoms with van der Waals surface area (Å²) in [6.07, 6.45) is 15.8. The Bertz CT molecular complexity index is 4510. The average molecular weight is 1490 g/mol. The molecule has 110 heavy (non-hydrogen) atoms. The summed E-state index contributed by atoms with van der Waals surface area (Å²) in [7, 11) is 3.83. The molecule has 0 aliphatic carbocycles. The minimum atomic E-state index is -0.825. The number of rotatable bonds is 32. The maximum absolute atomic E-state index is 12.6. The minimum absolute atomic E-state index is 0.00135.